The Hall–Kier alpha value is 0.110. The van der Waals surface area contributed by atoms with Crippen molar-refractivity contribution in [2.45, 2.75) is 51.2 Å². The molecular weight excluding hydrogens is 206 g/mol. The van der Waals surface area contributed by atoms with Gasteiger partial charge in [0.1, 0.15) is 0 Å². The lowest BCUT2D eigenvalue weighted by Crippen LogP contribution is -2.28. The number of hydrogen-bond acceptors (Lipinski definition) is 2. The van der Waals surface area contributed by atoms with Crippen LogP contribution in [0.25, 0.3) is 0 Å². The van der Waals surface area contributed by atoms with E-state index < -0.39 is 10.8 Å². The van der Waals surface area contributed by atoms with Crippen LogP contribution < -0.4 is 5.73 Å². The molecule has 2 N–H and O–H groups in total. The van der Waals surface area contributed by atoms with E-state index in [9.17, 15) is 4.21 Å². The molecule has 1 rings (SSSR count). The average Bonchev–Trinajstić information content (AvgIpc) is 2.29. The lowest BCUT2D eigenvalue weighted by atomic mass is 9.87. The molecule has 3 heteroatoms. The van der Waals surface area contributed by atoms with Crippen LogP contribution in [0.2, 0.25) is 0 Å². The van der Waals surface area contributed by atoms with Crippen LogP contribution in [0.5, 0.6) is 0 Å². The monoisotopic (exact) mass is 231 g/mol. The fourth-order valence-electron chi connectivity index (χ4n) is 2.29. The highest BCUT2D eigenvalue weighted by Gasteiger charge is 2.24. The molecule has 0 saturated heterocycles. The predicted molar refractivity (Wildman–Crippen MR) is 67.3 cm³/mol. The number of rotatable bonds is 5. The predicted octanol–water partition coefficient (Wildman–Crippen LogP) is 2.30. The molecule has 0 aromatic rings. The van der Waals surface area contributed by atoms with Gasteiger partial charge in [-0.2, -0.15) is 0 Å². The van der Waals surface area contributed by atoms with E-state index in [1.807, 2.05) is 0 Å². The molecule has 0 heterocycles. The van der Waals surface area contributed by atoms with E-state index in [4.69, 9.17) is 5.73 Å². The first kappa shape index (κ1) is 13.2. The zero-order chi connectivity index (χ0) is 11.3. The largest absolute Gasteiger partial charge is 0.330 e. The van der Waals surface area contributed by atoms with Crippen molar-refractivity contribution in [1.29, 1.82) is 0 Å². The first-order valence-corrected chi connectivity index (χ1v) is 7.62. The summed E-state index contributed by atoms with van der Waals surface area (Å²) < 4.78 is 12.0. The number of hydrogen-bond donors (Lipinski definition) is 1. The Labute approximate surface area is 96.5 Å². The van der Waals surface area contributed by atoms with Crippen molar-refractivity contribution in [2.24, 2.45) is 17.6 Å². The summed E-state index contributed by atoms with van der Waals surface area (Å²) in [5, 5.41) is 0.460. The van der Waals surface area contributed by atoms with E-state index in [1.165, 1.54) is 32.1 Å². The van der Waals surface area contributed by atoms with Crippen molar-refractivity contribution in [1.82, 2.24) is 0 Å². The molecule has 0 aliphatic heterocycles. The maximum absolute atomic E-state index is 12.0. The third kappa shape index (κ3) is 4.23. The normalized spacial score (nSPS) is 31.1. The summed E-state index contributed by atoms with van der Waals surface area (Å²) >= 11 is 0. The van der Waals surface area contributed by atoms with Gasteiger partial charge in [0.25, 0.3) is 0 Å². The Balaban J connectivity index is 2.30. The molecule has 0 spiro atoms. The van der Waals surface area contributed by atoms with Crippen LogP contribution in [0.3, 0.4) is 0 Å². The maximum Gasteiger partial charge on any atom is 0.0348 e. The summed E-state index contributed by atoms with van der Waals surface area (Å²) in [5.41, 5.74) is 5.56. The summed E-state index contributed by atoms with van der Waals surface area (Å²) in [6, 6.07) is 0. The lowest BCUT2D eigenvalue weighted by Gasteiger charge is -2.27. The topological polar surface area (TPSA) is 43.1 Å². The van der Waals surface area contributed by atoms with Crippen LogP contribution in [0.1, 0.15) is 46.0 Å². The molecule has 1 aliphatic carbocycles. The third-order valence-corrected chi connectivity index (χ3v) is 5.71. The molecule has 0 radical (unpaired) electrons. The summed E-state index contributed by atoms with van der Waals surface area (Å²) in [5.74, 6) is 2.11. The van der Waals surface area contributed by atoms with Gasteiger partial charge in [-0.25, -0.2) is 0 Å². The van der Waals surface area contributed by atoms with Crippen molar-refractivity contribution in [3.63, 3.8) is 0 Å². The Kier molecular flexibility index (Phi) is 5.83. The number of nitrogens with two attached hydrogens (primary N) is 1. The van der Waals surface area contributed by atoms with Crippen LogP contribution in [0, 0.1) is 11.8 Å². The minimum absolute atomic E-state index is 0.412. The summed E-state index contributed by atoms with van der Waals surface area (Å²) in [4.78, 5) is 0. The van der Waals surface area contributed by atoms with Gasteiger partial charge in [0, 0.05) is 21.8 Å². The van der Waals surface area contributed by atoms with E-state index in [2.05, 4.69) is 13.8 Å². The molecule has 1 saturated carbocycles. The Bertz CT molecular complexity index is 200. The Morgan fingerprint density at radius 1 is 1.33 bits per heavy atom. The van der Waals surface area contributed by atoms with E-state index in [0.29, 0.717) is 17.7 Å². The Morgan fingerprint density at radius 3 is 2.40 bits per heavy atom. The molecule has 0 amide bonds. The lowest BCUT2D eigenvalue weighted by molar-refractivity contribution is 0.352. The molecule has 1 aliphatic rings. The molecule has 1 fully saturated rings. The van der Waals surface area contributed by atoms with Crippen LogP contribution >= 0.6 is 0 Å². The molecule has 0 aromatic carbocycles. The fraction of sp³-hybridized carbons (Fsp3) is 1.00. The van der Waals surface area contributed by atoms with Gasteiger partial charge >= 0.3 is 0 Å². The summed E-state index contributed by atoms with van der Waals surface area (Å²) in [7, 11) is -0.633. The van der Waals surface area contributed by atoms with E-state index in [-0.39, 0.29) is 0 Å². The molecule has 2 unspecified atom stereocenters. The minimum Gasteiger partial charge on any atom is -0.330 e. The van der Waals surface area contributed by atoms with E-state index in [1.54, 1.807) is 0 Å². The van der Waals surface area contributed by atoms with E-state index >= 15 is 0 Å². The molecular formula is C12H25NOS. The van der Waals surface area contributed by atoms with Gasteiger partial charge in [0.05, 0.1) is 0 Å². The highest BCUT2D eigenvalue weighted by molar-refractivity contribution is 7.85. The molecule has 90 valence electrons. The SMILES string of the molecule is CCC1CCC(S(=O)CC(C)CN)CC1. The van der Waals surface area contributed by atoms with Crippen molar-refractivity contribution >= 4 is 10.8 Å². The fourth-order valence-corrected chi connectivity index (χ4v) is 4.05. The van der Waals surface area contributed by atoms with Gasteiger partial charge in [0.2, 0.25) is 0 Å². The van der Waals surface area contributed by atoms with E-state index in [0.717, 1.165) is 11.7 Å². The quantitative estimate of drug-likeness (QED) is 0.789. The highest BCUT2D eigenvalue weighted by atomic mass is 32.2. The summed E-state index contributed by atoms with van der Waals surface area (Å²) in [6.07, 6.45) is 6.19. The van der Waals surface area contributed by atoms with Gasteiger partial charge in [-0.3, -0.25) is 4.21 Å². The molecule has 0 bridgehead atoms. The third-order valence-electron chi connectivity index (χ3n) is 3.59. The molecule has 15 heavy (non-hydrogen) atoms. The van der Waals surface area contributed by atoms with Gasteiger partial charge in [-0.1, -0.05) is 20.3 Å². The van der Waals surface area contributed by atoms with Crippen LogP contribution in [-0.4, -0.2) is 21.8 Å². The highest BCUT2D eigenvalue weighted by Crippen LogP contribution is 2.29. The molecule has 2 nitrogen and oxygen atoms in total. The summed E-state index contributed by atoms with van der Waals surface area (Å²) in [6.45, 7) is 5.02. The average molecular weight is 231 g/mol. The zero-order valence-electron chi connectivity index (χ0n) is 10.1. The second kappa shape index (κ2) is 6.64. The molecule has 0 aromatic heterocycles. The van der Waals surface area contributed by atoms with Gasteiger partial charge in [-0.05, 0) is 44.1 Å². The first-order valence-electron chi connectivity index (χ1n) is 6.24. The second-order valence-electron chi connectivity index (χ2n) is 4.94. The van der Waals surface area contributed by atoms with Crippen molar-refractivity contribution in [3.05, 3.63) is 0 Å². The second-order valence-corrected chi connectivity index (χ2v) is 6.70. The Morgan fingerprint density at radius 2 is 1.93 bits per heavy atom. The minimum atomic E-state index is -0.633. The van der Waals surface area contributed by atoms with Crippen LogP contribution in [0.4, 0.5) is 0 Å². The van der Waals surface area contributed by atoms with Crippen LogP contribution in [-0.2, 0) is 10.8 Å². The molecule has 2 atom stereocenters. The zero-order valence-corrected chi connectivity index (χ0v) is 10.9. The van der Waals surface area contributed by atoms with Gasteiger partial charge < -0.3 is 5.73 Å². The standard InChI is InChI=1S/C12H25NOS/c1-3-11-4-6-12(7-5-11)15(14)9-10(2)8-13/h10-12H,3-9,13H2,1-2H3. The first-order chi connectivity index (χ1) is 7.17. The van der Waals surface area contributed by atoms with Crippen molar-refractivity contribution in [3.8, 4) is 0 Å². The van der Waals surface area contributed by atoms with Crippen molar-refractivity contribution in [2.75, 3.05) is 12.3 Å². The van der Waals surface area contributed by atoms with Crippen molar-refractivity contribution < 1.29 is 4.21 Å². The smallest absolute Gasteiger partial charge is 0.0348 e. The van der Waals surface area contributed by atoms with Gasteiger partial charge in [-0.15, -0.1) is 0 Å². The van der Waals surface area contributed by atoms with Gasteiger partial charge in [0.15, 0.2) is 0 Å². The van der Waals surface area contributed by atoms with Crippen LogP contribution in [0.15, 0.2) is 0 Å². The maximum atomic E-state index is 12.0.